The molecule has 2 unspecified atom stereocenters. The van der Waals surface area contributed by atoms with Gasteiger partial charge in [0.25, 0.3) is 0 Å². The molecule has 5 nitrogen and oxygen atoms in total. The van der Waals surface area contributed by atoms with Gasteiger partial charge in [0.15, 0.2) is 5.96 Å². The maximum atomic E-state index is 14.5. The fraction of sp³-hybridized carbons (Fsp3) is 0.650. The second-order valence-electron chi connectivity index (χ2n) is 7.64. The number of hydrogen-bond acceptors (Lipinski definition) is 3. The molecule has 1 aromatic rings. The standard InChI is InChI=1S/C20H31FN4O/c1-15-10-16(2)14-25(13-15)20(22-3)23-12-17-4-5-19(18(21)11-17)24-6-8-26-9-7-24/h4-5,11,15-16H,6-10,12-14H2,1-3H3,(H,22,23). The van der Waals surface area contributed by atoms with Crippen LogP contribution in [0.4, 0.5) is 10.1 Å². The van der Waals surface area contributed by atoms with Crippen LogP contribution in [0.3, 0.4) is 0 Å². The Labute approximate surface area is 156 Å². The number of nitrogens with one attached hydrogen (secondary N) is 1. The number of ether oxygens (including phenoxy) is 1. The van der Waals surface area contributed by atoms with Gasteiger partial charge in [-0.25, -0.2) is 4.39 Å². The van der Waals surface area contributed by atoms with Gasteiger partial charge in [-0.1, -0.05) is 19.9 Å². The van der Waals surface area contributed by atoms with E-state index in [-0.39, 0.29) is 5.82 Å². The van der Waals surface area contributed by atoms with Crippen LogP contribution in [-0.4, -0.2) is 57.3 Å². The van der Waals surface area contributed by atoms with Gasteiger partial charge >= 0.3 is 0 Å². The summed E-state index contributed by atoms with van der Waals surface area (Å²) in [7, 11) is 1.81. The first-order chi connectivity index (χ1) is 12.6. The summed E-state index contributed by atoms with van der Waals surface area (Å²) in [6.07, 6.45) is 1.27. The number of piperidine rings is 1. The Morgan fingerprint density at radius 1 is 1.23 bits per heavy atom. The molecule has 26 heavy (non-hydrogen) atoms. The maximum Gasteiger partial charge on any atom is 0.193 e. The molecule has 0 aromatic heterocycles. The van der Waals surface area contributed by atoms with E-state index in [1.165, 1.54) is 6.42 Å². The summed E-state index contributed by atoms with van der Waals surface area (Å²) in [6.45, 7) is 10.00. The molecule has 3 rings (SSSR count). The molecule has 2 aliphatic heterocycles. The first kappa shape index (κ1) is 19.0. The van der Waals surface area contributed by atoms with Gasteiger partial charge in [-0.15, -0.1) is 0 Å². The average molecular weight is 362 g/mol. The largest absolute Gasteiger partial charge is 0.378 e. The predicted molar refractivity (Wildman–Crippen MR) is 104 cm³/mol. The Morgan fingerprint density at radius 2 is 1.92 bits per heavy atom. The second-order valence-corrected chi connectivity index (χ2v) is 7.64. The van der Waals surface area contributed by atoms with Crippen LogP contribution in [0.15, 0.2) is 23.2 Å². The van der Waals surface area contributed by atoms with Crippen molar-refractivity contribution < 1.29 is 9.13 Å². The molecular formula is C20H31FN4O. The third-order valence-corrected chi connectivity index (χ3v) is 5.19. The van der Waals surface area contributed by atoms with Crippen molar-refractivity contribution in [3.8, 4) is 0 Å². The zero-order chi connectivity index (χ0) is 18.5. The van der Waals surface area contributed by atoms with E-state index in [1.54, 1.807) is 6.07 Å². The molecule has 144 valence electrons. The summed E-state index contributed by atoms with van der Waals surface area (Å²) in [5.74, 6) is 2.08. The zero-order valence-corrected chi connectivity index (χ0v) is 16.2. The summed E-state index contributed by atoms with van der Waals surface area (Å²) >= 11 is 0. The van der Waals surface area contributed by atoms with Crippen molar-refractivity contribution >= 4 is 11.6 Å². The molecule has 0 saturated carbocycles. The van der Waals surface area contributed by atoms with E-state index in [0.717, 1.165) is 37.7 Å². The Morgan fingerprint density at radius 3 is 2.54 bits per heavy atom. The van der Waals surface area contributed by atoms with E-state index in [0.29, 0.717) is 37.3 Å². The van der Waals surface area contributed by atoms with Crippen LogP contribution in [0.2, 0.25) is 0 Å². The van der Waals surface area contributed by atoms with Gasteiger partial charge in [0.1, 0.15) is 5.82 Å². The quantitative estimate of drug-likeness (QED) is 0.663. The lowest BCUT2D eigenvalue weighted by molar-refractivity contribution is 0.122. The van der Waals surface area contributed by atoms with Crippen LogP contribution in [0.1, 0.15) is 25.8 Å². The fourth-order valence-corrected chi connectivity index (χ4v) is 4.07. The predicted octanol–water partition coefficient (Wildman–Crippen LogP) is 2.72. The van der Waals surface area contributed by atoms with Crippen molar-refractivity contribution in [3.63, 3.8) is 0 Å². The molecule has 2 fully saturated rings. The minimum Gasteiger partial charge on any atom is -0.378 e. The number of anilines is 1. The molecule has 0 amide bonds. The molecule has 0 spiro atoms. The van der Waals surface area contributed by atoms with Gasteiger partial charge in [0, 0.05) is 39.8 Å². The number of aliphatic imine (C=N–C) groups is 1. The molecule has 2 saturated heterocycles. The topological polar surface area (TPSA) is 40.1 Å². The van der Waals surface area contributed by atoms with Crippen molar-refractivity contribution in [2.75, 3.05) is 51.3 Å². The Bertz CT molecular complexity index is 620. The molecule has 1 aromatic carbocycles. The average Bonchev–Trinajstić information content (AvgIpc) is 2.62. The van der Waals surface area contributed by atoms with Crippen molar-refractivity contribution in [1.82, 2.24) is 10.2 Å². The molecular weight excluding hydrogens is 331 g/mol. The van der Waals surface area contributed by atoms with Gasteiger partial charge < -0.3 is 19.9 Å². The van der Waals surface area contributed by atoms with Crippen LogP contribution >= 0.6 is 0 Å². The van der Waals surface area contributed by atoms with E-state index in [2.05, 4.69) is 29.1 Å². The highest BCUT2D eigenvalue weighted by atomic mass is 19.1. The number of benzene rings is 1. The second kappa shape index (κ2) is 8.71. The summed E-state index contributed by atoms with van der Waals surface area (Å²) in [6, 6.07) is 5.51. The number of morpholine rings is 1. The lowest BCUT2D eigenvalue weighted by Gasteiger charge is -2.37. The number of likely N-dealkylation sites (tertiary alicyclic amines) is 1. The summed E-state index contributed by atoms with van der Waals surface area (Å²) in [4.78, 5) is 8.79. The molecule has 0 bridgehead atoms. The van der Waals surface area contributed by atoms with Crippen molar-refractivity contribution in [3.05, 3.63) is 29.6 Å². The van der Waals surface area contributed by atoms with E-state index in [4.69, 9.17) is 4.74 Å². The lowest BCUT2D eigenvalue weighted by Crippen LogP contribution is -2.48. The van der Waals surface area contributed by atoms with Crippen molar-refractivity contribution in [2.24, 2.45) is 16.8 Å². The number of rotatable bonds is 3. The molecule has 0 aliphatic carbocycles. The Balaban J connectivity index is 1.60. The minimum absolute atomic E-state index is 0.165. The number of nitrogens with zero attached hydrogens (tertiary/aromatic N) is 3. The van der Waals surface area contributed by atoms with E-state index in [9.17, 15) is 4.39 Å². The van der Waals surface area contributed by atoms with Gasteiger partial charge in [-0.3, -0.25) is 4.99 Å². The monoisotopic (exact) mass is 362 g/mol. The molecule has 2 atom stereocenters. The highest BCUT2D eigenvalue weighted by Gasteiger charge is 2.24. The van der Waals surface area contributed by atoms with Gasteiger partial charge in [-0.05, 0) is 36.0 Å². The fourth-order valence-electron chi connectivity index (χ4n) is 4.07. The molecule has 0 radical (unpaired) electrons. The normalized spacial score (nSPS) is 24.7. The van der Waals surface area contributed by atoms with E-state index >= 15 is 0 Å². The smallest absolute Gasteiger partial charge is 0.193 e. The molecule has 6 heteroatoms. The summed E-state index contributed by atoms with van der Waals surface area (Å²) in [5.41, 5.74) is 1.60. The third kappa shape index (κ3) is 4.67. The minimum atomic E-state index is -0.165. The van der Waals surface area contributed by atoms with E-state index < -0.39 is 0 Å². The third-order valence-electron chi connectivity index (χ3n) is 5.19. The summed E-state index contributed by atoms with van der Waals surface area (Å²) in [5, 5.41) is 3.40. The van der Waals surface area contributed by atoms with Gasteiger partial charge in [0.05, 0.1) is 18.9 Å². The van der Waals surface area contributed by atoms with Crippen LogP contribution in [-0.2, 0) is 11.3 Å². The summed E-state index contributed by atoms with van der Waals surface area (Å²) < 4.78 is 19.9. The highest BCUT2D eigenvalue weighted by molar-refractivity contribution is 5.80. The van der Waals surface area contributed by atoms with Gasteiger partial charge in [0.2, 0.25) is 0 Å². The molecule has 2 heterocycles. The lowest BCUT2D eigenvalue weighted by atomic mass is 9.92. The Kier molecular flexibility index (Phi) is 6.35. The first-order valence-electron chi connectivity index (χ1n) is 9.63. The van der Waals surface area contributed by atoms with Crippen LogP contribution < -0.4 is 10.2 Å². The number of guanidine groups is 1. The maximum absolute atomic E-state index is 14.5. The van der Waals surface area contributed by atoms with E-state index in [1.807, 2.05) is 24.1 Å². The molecule has 1 N–H and O–H groups in total. The Hall–Kier alpha value is -1.82. The number of halogens is 1. The van der Waals surface area contributed by atoms with Crippen LogP contribution in [0, 0.1) is 17.7 Å². The zero-order valence-electron chi connectivity index (χ0n) is 16.2. The van der Waals surface area contributed by atoms with Crippen LogP contribution in [0.5, 0.6) is 0 Å². The number of hydrogen-bond donors (Lipinski definition) is 1. The highest BCUT2D eigenvalue weighted by Crippen LogP contribution is 2.23. The molecule has 2 aliphatic rings. The van der Waals surface area contributed by atoms with Crippen molar-refractivity contribution in [2.45, 2.75) is 26.8 Å². The SMILES string of the molecule is CN=C(NCc1ccc(N2CCOCC2)c(F)c1)N1CC(C)CC(C)C1. The first-order valence-corrected chi connectivity index (χ1v) is 9.63. The van der Waals surface area contributed by atoms with Crippen LogP contribution in [0.25, 0.3) is 0 Å². The van der Waals surface area contributed by atoms with Gasteiger partial charge in [-0.2, -0.15) is 0 Å². The van der Waals surface area contributed by atoms with Crippen molar-refractivity contribution in [1.29, 1.82) is 0 Å².